The average molecular weight is 351 g/mol. The number of aromatic nitrogens is 4. The fourth-order valence-electron chi connectivity index (χ4n) is 1.75. The number of halogens is 4. The summed E-state index contributed by atoms with van der Waals surface area (Å²) in [4.78, 5) is 1.17. The third kappa shape index (κ3) is 3.34. The summed E-state index contributed by atoms with van der Waals surface area (Å²) in [6, 6.07) is 3.61. The van der Waals surface area contributed by atoms with Crippen LogP contribution in [0.4, 0.5) is 13.2 Å². The molecule has 0 spiro atoms. The van der Waals surface area contributed by atoms with Gasteiger partial charge in [0.1, 0.15) is 0 Å². The number of hydrogen-bond donors (Lipinski definition) is 1. The van der Waals surface area contributed by atoms with Gasteiger partial charge in [0.25, 0.3) is 0 Å². The summed E-state index contributed by atoms with van der Waals surface area (Å²) in [6.45, 7) is 0. The Kier molecular flexibility index (Phi) is 4.09. The Morgan fingerprint density at radius 3 is 2.65 bits per heavy atom. The quantitative estimate of drug-likeness (QED) is 0.922. The maximum absolute atomic E-state index is 13.0. The van der Waals surface area contributed by atoms with Crippen molar-refractivity contribution < 1.29 is 18.3 Å². The smallest absolute Gasteiger partial charge is 0.388 e. The summed E-state index contributed by atoms with van der Waals surface area (Å²) in [7, 11) is 1.53. The van der Waals surface area contributed by atoms with Crippen LogP contribution in [0.3, 0.4) is 0 Å². The Balaban J connectivity index is 2.32. The summed E-state index contributed by atoms with van der Waals surface area (Å²) in [5.41, 5.74) is -1.10. The Morgan fingerprint density at radius 1 is 1.40 bits per heavy atom. The molecule has 1 heterocycles. The lowest BCUT2D eigenvalue weighted by atomic mass is 9.99. The molecule has 0 radical (unpaired) electrons. The molecule has 0 aliphatic carbocycles. The van der Waals surface area contributed by atoms with Gasteiger partial charge in [-0.1, -0.05) is 22.0 Å². The highest BCUT2D eigenvalue weighted by atomic mass is 79.9. The number of benzene rings is 1. The van der Waals surface area contributed by atoms with E-state index in [1.165, 1.54) is 24.0 Å². The minimum absolute atomic E-state index is 0.140. The fraction of sp³-hybridized carbons (Fsp3) is 0.364. The van der Waals surface area contributed by atoms with Gasteiger partial charge in [-0.3, -0.25) is 0 Å². The van der Waals surface area contributed by atoms with E-state index in [4.69, 9.17) is 0 Å². The zero-order valence-corrected chi connectivity index (χ0v) is 11.9. The molecule has 1 atom stereocenters. The zero-order chi connectivity index (χ0) is 14.9. The summed E-state index contributed by atoms with van der Waals surface area (Å²) < 4.78 is 39.1. The van der Waals surface area contributed by atoms with Crippen LogP contribution in [-0.2, 0) is 19.6 Å². The van der Waals surface area contributed by atoms with Crippen LogP contribution in [0.5, 0.6) is 0 Å². The third-order valence-electron chi connectivity index (χ3n) is 2.61. The van der Waals surface area contributed by atoms with Crippen LogP contribution in [-0.4, -0.2) is 25.3 Å². The fourth-order valence-corrected chi connectivity index (χ4v) is 2.11. The van der Waals surface area contributed by atoms with E-state index < -0.39 is 17.8 Å². The van der Waals surface area contributed by atoms with Gasteiger partial charge in [-0.15, -0.1) is 10.2 Å². The third-order valence-corrected chi connectivity index (χ3v) is 3.10. The molecule has 0 saturated carbocycles. The molecular weight excluding hydrogens is 341 g/mol. The maximum Gasteiger partial charge on any atom is 0.416 e. The van der Waals surface area contributed by atoms with Gasteiger partial charge in [-0.2, -0.15) is 18.0 Å². The maximum atomic E-state index is 13.0. The van der Waals surface area contributed by atoms with Gasteiger partial charge in [0.2, 0.25) is 0 Å². The lowest BCUT2D eigenvalue weighted by Crippen LogP contribution is -2.14. The topological polar surface area (TPSA) is 63.8 Å². The van der Waals surface area contributed by atoms with Crippen molar-refractivity contribution in [1.29, 1.82) is 0 Å². The van der Waals surface area contributed by atoms with Gasteiger partial charge >= 0.3 is 6.18 Å². The largest absolute Gasteiger partial charge is 0.416 e. The van der Waals surface area contributed by atoms with Crippen molar-refractivity contribution in [3.63, 3.8) is 0 Å². The average Bonchev–Trinajstić information content (AvgIpc) is 2.73. The lowest BCUT2D eigenvalue weighted by molar-refractivity contribution is -0.139. The Labute approximate surface area is 120 Å². The van der Waals surface area contributed by atoms with Crippen LogP contribution in [0.2, 0.25) is 0 Å². The first kappa shape index (κ1) is 14.9. The number of hydrogen-bond acceptors (Lipinski definition) is 4. The molecule has 1 aromatic carbocycles. The van der Waals surface area contributed by atoms with E-state index in [0.717, 1.165) is 6.07 Å². The van der Waals surface area contributed by atoms with Crippen LogP contribution >= 0.6 is 15.9 Å². The molecule has 9 heteroatoms. The molecule has 0 aliphatic heterocycles. The normalized spacial score (nSPS) is 13.5. The number of alkyl halides is 3. The minimum Gasteiger partial charge on any atom is -0.388 e. The molecule has 1 unspecified atom stereocenters. The number of rotatable bonds is 3. The van der Waals surface area contributed by atoms with Crippen LogP contribution in [0, 0.1) is 0 Å². The number of nitrogens with zero attached hydrogens (tertiary/aromatic N) is 4. The molecule has 1 N–H and O–H groups in total. The first-order valence-electron chi connectivity index (χ1n) is 5.55. The second-order valence-electron chi connectivity index (χ2n) is 4.14. The number of aliphatic hydroxyl groups excluding tert-OH is 1. The van der Waals surface area contributed by atoms with E-state index in [2.05, 4.69) is 31.3 Å². The molecule has 1 aromatic heterocycles. The molecule has 0 saturated heterocycles. The van der Waals surface area contributed by atoms with E-state index in [9.17, 15) is 18.3 Å². The molecule has 0 amide bonds. The van der Waals surface area contributed by atoms with Crippen molar-refractivity contribution in [2.24, 2.45) is 7.05 Å². The predicted molar refractivity (Wildman–Crippen MR) is 66.6 cm³/mol. The number of tetrazole rings is 1. The van der Waals surface area contributed by atoms with E-state index >= 15 is 0 Å². The predicted octanol–water partition coefficient (Wildman–Crippen LogP) is 2.27. The van der Waals surface area contributed by atoms with Gasteiger partial charge in [0.15, 0.2) is 5.82 Å². The van der Waals surface area contributed by atoms with Crippen molar-refractivity contribution in [2.75, 3.05) is 0 Å². The monoisotopic (exact) mass is 350 g/mol. The molecule has 108 valence electrons. The SMILES string of the molecule is Cn1nnc(CC(O)c2ccc(Br)cc2C(F)(F)F)n1. The molecule has 5 nitrogen and oxygen atoms in total. The van der Waals surface area contributed by atoms with Crippen LogP contribution in [0.15, 0.2) is 22.7 Å². The molecule has 0 bridgehead atoms. The first-order valence-corrected chi connectivity index (χ1v) is 6.34. The first-order chi connectivity index (χ1) is 9.27. The Morgan fingerprint density at radius 2 is 2.10 bits per heavy atom. The summed E-state index contributed by atoms with van der Waals surface area (Å²) in [6.07, 6.45) is -6.04. The highest BCUT2D eigenvalue weighted by molar-refractivity contribution is 9.10. The second-order valence-corrected chi connectivity index (χ2v) is 5.06. The molecule has 0 aliphatic rings. The van der Waals surface area contributed by atoms with Gasteiger partial charge in [-0.25, -0.2) is 0 Å². The molecular formula is C11H10BrF3N4O. The zero-order valence-electron chi connectivity index (χ0n) is 10.3. The molecule has 2 aromatic rings. The van der Waals surface area contributed by atoms with Crippen LogP contribution in [0.25, 0.3) is 0 Å². The lowest BCUT2D eigenvalue weighted by Gasteiger charge is -2.17. The molecule has 20 heavy (non-hydrogen) atoms. The van der Waals surface area contributed by atoms with Crippen LogP contribution in [0.1, 0.15) is 23.1 Å². The van der Waals surface area contributed by atoms with Gasteiger partial charge in [-0.05, 0) is 22.9 Å². The molecule has 2 rings (SSSR count). The Hall–Kier alpha value is -1.48. The van der Waals surface area contributed by atoms with Gasteiger partial charge < -0.3 is 5.11 Å². The second kappa shape index (κ2) is 5.49. The van der Waals surface area contributed by atoms with Gasteiger partial charge in [0, 0.05) is 10.9 Å². The summed E-state index contributed by atoms with van der Waals surface area (Å²) >= 11 is 2.99. The van der Waals surface area contributed by atoms with Gasteiger partial charge in [0.05, 0.1) is 18.7 Å². The van der Waals surface area contributed by atoms with Crippen LogP contribution < -0.4 is 0 Å². The van der Waals surface area contributed by atoms with E-state index in [1.807, 2.05) is 0 Å². The van der Waals surface area contributed by atoms with E-state index in [1.54, 1.807) is 0 Å². The molecule has 0 fully saturated rings. The van der Waals surface area contributed by atoms with E-state index in [-0.39, 0.29) is 17.8 Å². The standard InChI is InChI=1S/C11H10BrF3N4O/c1-19-17-10(16-18-19)5-9(20)7-3-2-6(12)4-8(7)11(13,14)15/h2-4,9,20H,5H2,1H3. The summed E-state index contributed by atoms with van der Waals surface area (Å²) in [5.74, 6) is 0.177. The number of aliphatic hydroxyl groups is 1. The van der Waals surface area contributed by atoms with Crippen molar-refractivity contribution >= 4 is 15.9 Å². The highest BCUT2D eigenvalue weighted by Crippen LogP contribution is 2.36. The number of aryl methyl sites for hydroxylation is 1. The van der Waals surface area contributed by atoms with Crippen molar-refractivity contribution in [3.05, 3.63) is 39.6 Å². The Bertz CT molecular complexity index is 614. The minimum atomic E-state index is -4.55. The van der Waals surface area contributed by atoms with Crippen molar-refractivity contribution in [2.45, 2.75) is 18.7 Å². The summed E-state index contributed by atoms with van der Waals surface area (Å²) in [5, 5.41) is 21.0. The highest BCUT2D eigenvalue weighted by Gasteiger charge is 2.35. The van der Waals surface area contributed by atoms with E-state index in [0.29, 0.717) is 4.47 Å². The van der Waals surface area contributed by atoms with Crippen molar-refractivity contribution in [1.82, 2.24) is 20.2 Å². The van der Waals surface area contributed by atoms with Crippen molar-refractivity contribution in [3.8, 4) is 0 Å².